The molecule has 0 saturated carbocycles. The van der Waals surface area contributed by atoms with Crippen LogP contribution in [0.3, 0.4) is 0 Å². The summed E-state index contributed by atoms with van der Waals surface area (Å²) in [6.45, 7) is 0. The molecule has 0 aliphatic carbocycles. The summed E-state index contributed by atoms with van der Waals surface area (Å²) >= 11 is 1.74. The summed E-state index contributed by atoms with van der Waals surface area (Å²) in [5.74, 6) is 0.864. The van der Waals surface area contributed by atoms with E-state index in [4.69, 9.17) is 4.74 Å². The lowest BCUT2D eigenvalue weighted by Gasteiger charge is -2.01. The minimum atomic E-state index is 0.864. The summed E-state index contributed by atoms with van der Waals surface area (Å²) in [4.78, 5) is 4.66. The molecule has 25 heavy (non-hydrogen) atoms. The smallest absolute Gasteiger partial charge is 0.126 e. The van der Waals surface area contributed by atoms with Gasteiger partial charge in [0.05, 0.1) is 23.0 Å². The fraction of sp³-hybridized carbons (Fsp3) is 0.0500. The van der Waals surface area contributed by atoms with Gasteiger partial charge in [0.15, 0.2) is 0 Å². The van der Waals surface area contributed by atoms with Crippen molar-refractivity contribution in [2.45, 2.75) is 0 Å². The van der Waals surface area contributed by atoms with Gasteiger partial charge in [0.25, 0.3) is 0 Å². The van der Waals surface area contributed by atoms with Gasteiger partial charge in [-0.1, -0.05) is 30.3 Å². The highest BCUT2D eigenvalue weighted by Crippen LogP contribution is 2.39. The maximum atomic E-state index is 5.34. The third-order valence-electron chi connectivity index (χ3n) is 4.37. The van der Waals surface area contributed by atoms with Crippen LogP contribution in [0.15, 0.2) is 60.7 Å². The lowest BCUT2D eigenvalue weighted by molar-refractivity contribution is 0.415. The summed E-state index contributed by atoms with van der Waals surface area (Å²) < 4.78 is 6.49. The van der Waals surface area contributed by atoms with Crippen LogP contribution in [0.2, 0.25) is 0 Å². The third kappa shape index (κ3) is 2.32. The van der Waals surface area contributed by atoms with E-state index < -0.39 is 0 Å². The molecule has 122 valence electrons. The maximum absolute atomic E-state index is 5.34. The van der Waals surface area contributed by atoms with Gasteiger partial charge in [-0.3, -0.25) is 5.10 Å². The van der Waals surface area contributed by atoms with E-state index in [-0.39, 0.29) is 0 Å². The first kappa shape index (κ1) is 14.3. The predicted octanol–water partition coefficient (Wildman–Crippen LogP) is 5.45. The molecule has 0 amide bonds. The number of nitrogens with zero attached hydrogens (tertiary/aromatic N) is 1. The average molecular weight is 345 g/mol. The normalized spacial score (nSPS) is 11.4. The molecule has 0 bridgehead atoms. The highest BCUT2D eigenvalue weighted by Gasteiger charge is 2.15. The fourth-order valence-electron chi connectivity index (χ4n) is 3.12. The van der Waals surface area contributed by atoms with E-state index in [1.54, 1.807) is 18.4 Å². The Balaban J connectivity index is 1.64. The van der Waals surface area contributed by atoms with Gasteiger partial charge in [-0.05, 0) is 35.9 Å². The van der Waals surface area contributed by atoms with Gasteiger partial charge in [0.1, 0.15) is 11.4 Å². The van der Waals surface area contributed by atoms with E-state index in [0.29, 0.717) is 0 Å². The van der Waals surface area contributed by atoms with Crippen LogP contribution in [-0.2, 0) is 0 Å². The minimum Gasteiger partial charge on any atom is -0.497 e. The van der Waals surface area contributed by atoms with Gasteiger partial charge in [-0.25, -0.2) is 0 Å². The number of aromatic amines is 2. The second-order valence-electron chi connectivity index (χ2n) is 5.93. The molecule has 4 nitrogen and oxygen atoms in total. The molecule has 5 rings (SSSR count). The van der Waals surface area contributed by atoms with Crippen molar-refractivity contribution in [2.24, 2.45) is 0 Å². The molecule has 3 heterocycles. The van der Waals surface area contributed by atoms with E-state index >= 15 is 0 Å². The number of methoxy groups -OCH3 is 1. The van der Waals surface area contributed by atoms with Crippen LogP contribution in [-0.4, -0.2) is 22.3 Å². The van der Waals surface area contributed by atoms with Crippen molar-refractivity contribution >= 4 is 32.5 Å². The van der Waals surface area contributed by atoms with Crippen molar-refractivity contribution in [3.8, 4) is 27.6 Å². The van der Waals surface area contributed by atoms with Crippen molar-refractivity contribution in [1.29, 1.82) is 0 Å². The number of nitrogens with one attached hydrogen (secondary N) is 2. The number of benzene rings is 2. The zero-order valence-electron chi connectivity index (χ0n) is 13.5. The number of para-hydroxylation sites is 1. The Hall–Kier alpha value is -3.05. The van der Waals surface area contributed by atoms with Gasteiger partial charge >= 0.3 is 0 Å². The van der Waals surface area contributed by atoms with E-state index in [9.17, 15) is 0 Å². The van der Waals surface area contributed by atoms with Crippen LogP contribution in [0.5, 0.6) is 5.75 Å². The highest BCUT2D eigenvalue weighted by atomic mass is 32.1. The molecular formula is C20H15N3OS. The lowest BCUT2D eigenvalue weighted by atomic mass is 10.2. The van der Waals surface area contributed by atoms with Crippen LogP contribution in [0.25, 0.3) is 42.9 Å². The quantitative estimate of drug-likeness (QED) is 0.457. The number of hydrogen-bond donors (Lipinski definition) is 2. The summed E-state index contributed by atoms with van der Waals surface area (Å²) in [5, 5.41) is 8.87. The highest BCUT2D eigenvalue weighted by molar-refractivity contribution is 7.22. The molecule has 0 spiro atoms. The number of H-pyrrole nitrogens is 2. The SMILES string of the molecule is COc1cccc(-c2cc3[nH]nc(-c4cc5ccccc5[nH]4)c3s2)c1. The third-order valence-corrected chi connectivity index (χ3v) is 5.57. The van der Waals surface area contributed by atoms with Gasteiger partial charge in [0, 0.05) is 15.8 Å². The number of ether oxygens (including phenoxy) is 1. The average Bonchev–Trinajstić information content (AvgIpc) is 3.34. The fourth-order valence-corrected chi connectivity index (χ4v) is 4.23. The van der Waals surface area contributed by atoms with Crippen LogP contribution >= 0.6 is 11.3 Å². The lowest BCUT2D eigenvalue weighted by Crippen LogP contribution is -1.82. The molecule has 3 aromatic heterocycles. The first-order valence-corrected chi connectivity index (χ1v) is 8.84. The van der Waals surface area contributed by atoms with E-state index in [0.717, 1.165) is 38.4 Å². The first-order valence-electron chi connectivity index (χ1n) is 8.02. The number of fused-ring (bicyclic) bond motifs is 2. The Bertz CT molecular complexity index is 1170. The zero-order chi connectivity index (χ0) is 16.8. The molecule has 0 aliphatic rings. The van der Waals surface area contributed by atoms with E-state index in [1.807, 2.05) is 24.3 Å². The van der Waals surface area contributed by atoms with Gasteiger partial charge < -0.3 is 9.72 Å². The number of rotatable bonds is 3. The van der Waals surface area contributed by atoms with Gasteiger partial charge in [-0.2, -0.15) is 5.10 Å². The number of aromatic nitrogens is 3. The van der Waals surface area contributed by atoms with E-state index in [2.05, 4.69) is 51.6 Å². The Morgan fingerprint density at radius 2 is 1.88 bits per heavy atom. The summed E-state index contributed by atoms with van der Waals surface area (Å²) in [5.41, 5.74) is 5.32. The molecule has 2 aromatic carbocycles. The molecule has 0 unspecified atom stereocenters. The molecule has 0 aliphatic heterocycles. The van der Waals surface area contributed by atoms with Crippen molar-refractivity contribution in [2.75, 3.05) is 7.11 Å². The van der Waals surface area contributed by atoms with Crippen LogP contribution < -0.4 is 4.74 Å². The Morgan fingerprint density at radius 3 is 2.76 bits per heavy atom. The number of thiophene rings is 1. The minimum absolute atomic E-state index is 0.864. The Morgan fingerprint density at radius 1 is 0.960 bits per heavy atom. The zero-order valence-corrected chi connectivity index (χ0v) is 14.4. The van der Waals surface area contributed by atoms with E-state index in [1.165, 1.54) is 10.3 Å². The largest absolute Gasteiger partial charge is 0.497 e. The molecule has 2 N–H and O–H groups in total. The van der Waals surface area contributed by atoms with Gasteiger partial charge in [-0.15, -0.1) is 11.3 Å². The summed E-state index contributed by atoms with van der Waals surface area (Å²) in [6.07, 6.45) is 0. The molecule has 0 fully saturated rings. The van der Waals surface area contributed by atoms with Gasteiger partial charge in [0.2, 0.25) is 0 Å². The topological polar surface area (TPSA) is 53.7 Å². The summed E-state index contributed by atoms with van der Waals surface area (Å²) in [6, 6.07) is 20.7. The van der Waals surface area contributed by atoms with Crippen molar-refractivity contribution in [3.05, 3.63) is 60.7 Å². The molecule has 0 atom stereocenters. The van der Waals surface area contributed by atoms with Crippen molar-refractivity contribution < 1.29 is 4.74 Å². The van der Waals surface area contributed by atoms with Crippen LogP contribution in [0.4, 0.5) is 0 Å². The number of hydrogen-bond acceptors (Lipinski definition) is 3. The maximum Gasteiger partial charge on any atom is 0.126 e. The van der Waals surface area contributed by atoms with Crippen LogP contribution in [0.1, 0.15) is 0 Å². The molecule has 5 heteroatoms. The second kappa shape index (κ2) is 5.50. The predicted molar refractivity (Wildman–Crippen MR) is 103 cm³/mol. The monoisotopic (exact) mass is 345 g/mol. The molecule has 0 saturated heterocycles. The molecule has 5 aromatic rings. The first-order chi connectivity index (χ1) is 12.3. The Labute approximate surface area is 148 Å². The van der Waals surface area contributed by atoms with Crippen molar-refractivity contribution in [3.63, 3.8) is 0 Å². The Kier molecular flexibility index (Phi) is 3.15. The standard InChI is InChI=1S/C20H15N3OS/c1-24-14-7-4-6-13(9-14)18-11-17-20(25-18)19(23-22-17)16-10-12-5-2-3-8-15(12)21-16/h2-11,21H,1H3,(H,22,23). The molecular weight excluding hydrogens is 330 g/mol. The second-order valence-corrected chi connectivity index (χ2v) is 6.98. The van der Waals surface area contributed by atoms with Crippen molar-refractivity contribution in [1.82, 2.24) is 15.2 Å². The summed E-state index contributed by atoms with van der Waals surface area (Å²) in [7, 11) is 1.69. The molecule has 0 radical (unpaired) electrons. The van der Waals surface area contributed by atoms with Crippen LogP contribution in [0, 0.1) is 0 Å².